The summed E-state index contributed by atoms with van der Waals surface area (Å²) >= 11 is 1.48. The number of hydrogen-bond donors (Lipinski definition) is 2. The maximum atomic E-state index is 12.6. The van der Waals surface area contributed by atoms with Crippen LogP contribution < -0.4 is 20.2 Å². The van der Waals surface area contributed by atoms with E-state index in [2.05, 4.69) is 20.8 Å². The van der Waals surface area contributed by atoms with Crippen LogP contribution in [0.3, 0.4) is 0 Å². The molecule has 8 heteroatoms. The second kappa shape index (κ2) is 12.0. The summed E-state index contributed by atoms with van der Waals surface area (Å²) in [6.45, 7) is 2.21. The number of amides is 1. The summed E-state index contributed by atoms with van der Waals surface area (Å²) < 4.78 is 11.6. The van der Waals surface area contributed by atoms with Crippen molar-refractivity contribution in [1.29, 1.82) is 0 Å². The highest BCUT2D eigenvalue weighted by Gasteiger charge is 2.11. The SMILES string of the molecule is CCOc1cc(C=NNc2nc(-c3ccccc3)cs2)ccc1OCC(=O)Nc1cccc2ccccc12. The number of benzene rings is 4. The zero-order valence-corrected chi connectivity index (χ0v) is 21.6. The monoisotopic (exact) mass is 522 g/mol. The third-order valence-corrected chi connectivity index (χ3v) is 6.38. The Labute approximate surface area is 224 Å². The van der Waals surface area contributed by atoms with Gasteiger partial charge in [0.1, 0.15) is 0 Å². The number of thiazole rings is 1. The number of carbonyl (C=O) groups is 1. The molecule has 0 atom stereocenters. The van der Waals surface area contributed by atoms with Crippen molar-refractivity contribution >= 4 is 45.0 Å². The van der Waals surface area contributed by atoms with Crippen molar-refractivity contribution in [1.82, 2.24) is 4.98 Å². The number of hydrazone groups is 1. The van der Waals surface area contributed by atoms with Crippen LogP contribution >= 0.6 is 11.3 Å². The molecular weight excluding hydrogens is 496 g/mol. The van der Waals surface area contributed by atoms with Gasteiger partial charge in [-0.2, -0.15) is 5.10 Å². The Morgan fingerprint density at radius 2 is 1.76 bits per heavy atom. The molecule has 38 heavy (non-hydrogen) atoms. The molecule has 1 aromatic heterocycles. The third kappa shape index (κ3) is 6.16. The normalized spacial score (nSPS) is 11.0. The van der Waals surface area contributed by atoms with Crippen LogP contribution in [0, 0.1) is 0 Å². The van der Waals surface area contributed by atoms with E-state index in [-0.39, 0.29) is 12.5 Å². The maximum Gasteiger partial charge on any atom is 0.262 e. The number of hydrogen-bond acceptors (Lipinski definition) is 7. The van der Waals surface area contributed by atoms with Gasteiger partial charge in [0.05, 0.1) is 18.5 Å². The molecule has 0 fully saturated rings. The van der Waals surface area contributed by atoms with Gasteiger partial charge in [-0.3, -0.25) is 10.2 Å². The number of ether oxygens (including phenoxy) is 2. The summed E-state index contributed by atoms with van der Waals surface area (Å²) in [5.74, 6) is 0.768. The average Bonchev–Trinajstić information content (AvgIpc) is 3.42. The molecule has 0 unspecified atom stereocenters. The molecule has 190 valence electrons. The lowest BCUT2D eigenvalue weighted by molar-refractivity contribution is -0.118. The Bertz CT molecular complexity index is 1560. The highest BCUT2D eigenvalue weighted by molar-refractivity contribution is 7.14. The Kier molecular flexibility index (Phi) is 7.91. The van der Waals surface area contributed by atoms with Crippen molar-refractivity contribution in [2.45, 2.75) is 6.92 Å². The minimum absolute atomic E-state index is 0.147. The molecule has 0 spiro atoms. The van der Waals surface area contributed by atoms with Crippen molar-refractivity contribution in [3.63, 3.8) is 0 Å². The van der Waals surface area contributed by atoms with Gasteiger partial charge in [-0.05, 0) is 42.1 Å². The van der Waals surface area contributed by atoms with Gasteiger partial charge in [-0.25, -0.2) is 4.98 Å². The first-order valence-electron chi connectivity index (χ1n) is 12.2. The van der Waals surface area contributed by atoms with Crippen LogP contribution in [-0.4, -0.2) is 30.3 Å². The van der Waals surface area contributed by atoms with E-state index in [9.17, 15) is 4.79 Å². The molecule has 0 bridgehead atoms. The van der Waals surface area contributed by atoms with Crippen LogP contribution in [0.4, 0.5) is 10.8 Å². The molecular formula is C30H26N4O3S. The van der Waals surface area contributed by atoms with E-state index in [0.717, 1.165) is 33.3 Å². The quantitative estimate of drug-likeness (QED) is 0.155. The summed E-state index contributed by atoms with van der Waals surface area (Å²) in [6, 6.07) is 29.1. The molecule has 5 rings (SSSR count). The van der Waals surface area contributed by atoms with Crippen LogP contribution in [0.5, 0.6) is 11.5 Å². The molecule has 0 saturated heterocycles. The van der Waals surface area contributed by atoms with Gasteiger partial charge in [-0.15, -0.1) is 11.3 Å². The smallest absolute Gasteiger partial charge is 0.262 e. The van der Waals surface area contributed by atoms with E-state index in [0.29, 0.717) is 23.2 Å². The Balaban J connectivity index is 1.20. The van der Waals surface area contributed by atoms with Crippen LogP contribution in [0.1, 0.15) is 12.5 Å². The molecule has 4 aromatic carbocycles. The van der Waals surface area contributed by atoms with E-state index in [4.69, 9.17) is 9.47 Å². The summed E-state index contributed by atoms with van der Waals surface area (Å²) in [6.07, 6.45) is 1.68. The third-order valence-electron chi connectivity index (χ3n) is 5.64. The van der Waals surface area contributed by atoms with Crippen LogP contribution in [0.15, 0.2) is 101 Å². The number of fused-ring (bicyclic) bond motifs is 1. The maximum absolute atomic E-state index is 12.6. The Morgan fingerprint density at radius 1 is 0.947 bits per heavy atom. The van der Waals surface area contributed by atoms with Crippen molar-refractivity contribution in [2.75, 3.05) is 24.0 Å². The fraction of sp³-hybridized carbons (Fsp3) is 0.100. The van der Waals surface area contributed by atoms with Crippen molar-refractivity contribution in [2.24, 2.45) is 5.10 Å². The first-order valence-corrected chi connectivity index (χ1v) is 13.0. The van der Waals surface area contributed by atoms with Gasteiger partial charge in [0, 0.05) is 22.0 Å². The molecule has 1 heterocycles. The number of nitrogens with one attached hydrogen (secondary N) is 2. The van der Waals surface area contributed by atoms with E-state index in [1.807, 2.05) is 97.2 Å². The van der Waals surface area contributed by atoms with Gasteiger partial charge in [0.2, 0.25) is 5.13 Å². The van der Waals surface area contributed by atoms with Crippen LogP contribution in [-0.2, 0) is 4.79 Å². The lowest BCUT2D eigenvalue weighted by Gasteiger charge is -2.13. The summed E-state index contributed by atoms with van der Waals surface area (Å²) in [5.41, 5.74) is 6.50. The zero-order chi connectivity index (χ0) is 26.2. The van der Waals surface area contributed by atoms with Crippen molar-refractivity contribution < 1.29 is 14.3 Å². The predicted octanol–water partition coefficient (Wildman–Crippen LogP) is 6.83. The van der Waals surface area contributed by atoms with E-state index in [1.165, 1.54) is 11.3 Å². The summed E-state index contributed by atoms with van der Waals surface area (Å²) in [7, 11) is 0. The molecule has 2 N–H and O–H groups in total. The van der Waals surface area contributed by atoms with Gasteiger partial charge in [0.25, 0.3) is 5.91 Å². The standard InChI is InChI=1S/C30H26N4O3S/c1-2-36-28-17-21(18-31-34-30-33-26(20-38-30)23-10-4-3-5-11-23)15-16-27(28)37-19-29(35)32-25-14-8-12-22-9-6-7-13-24(22)25/h3-18,20H,2,19H2,1H3,(H,32,35)(H,33,34). The first-order chi connectivity index (χ1) is 18.7. The fourth-order valence-corrected chi connectivity index (χ4v) is 4.55. The number of anilines is 2. The topological polar surface area (TPSA) is 84.8 Å². The molecule has 0 aliphatic heterocycles. The van der Waals surface area contributed by atoms with Crippen LogP contribution in [0.25, 0.3) is 22.0 Å². The minimum atomic E-state index is -0.253. The van der Waals surface area contributed by atoms with Crippen molar-refractivity contribution in [3.05, 3.63) is 102 Å². The zero-order valence-electron chi connectivity index (χ0n) is 20.8. The summed E-state index contributed by atoms with van der Waals surface area (Å²) in [5, 5.41) is 12.0. The van der Waals surface area contributed by atoms with Gasteiger partial charge >= 0.3 is 0 Å². The summed E-state index contributed by atoms with van der Waals surface area (Å²) in [4.78, 5) is 17.2. The lowest BCUT2D eigenvalue weighted by atomic mass is 10.1. The van der Waals surface area contributed by atoms with Gasteiger partial charge in [0.15, 0.2) is 18.1 Å². The number of nitrogens with zero attached hydrogens (tertiary/aromatic N) is 2. The van der Waals surface area contributed by atoms with Gasteiger partial charge in [-0.1, -0.05) is 66.7 Å². The molecule has 5 aromatic rings. The molecule has 0 saturated carbocycles. The highest BCUT2D eigenvalue weighted by Crippen LogP contribution is 2.29. The Morgan fingerprint density at radius 3 is 2.63 bits per heavy atom. The van der Waals surface area contributed by atoms with Crippen molar-refractivity contribution in [3.8, 4) is 22.8 Å². The first kappa shape index (κ1) is 25.0. The molecule has 0 radical (unpaired) electrons. The van der Waals surface area contributed by atoms with E-state index in [1.54, 1.807) is 12.3 Å². The second-order valence-electron chi connectivity index (χ2n) is 8.28. The number of aromatic nitrogens is 1. The number of rotatable bonds is 10. The molecule has 7 nitrogen and oxygen atoms in total. The lowest BCUT2D eigenvalue weighted by Crippen LogP contribution is -2.20. The molecule has 1 amide bonds. The number of carbonyl (C=O) groups excluding carboxylic acids is 1. The predicted molar refractivity (Wildman–Crippen MR) is 154 cm³/mol. The van der Waals surface area contributed by atoms with E-state index < -0.39 is 0 Å². The molecule has 0 aliphatic carbocycles. The molecule has 0 aliphatic rings. The fourth-order valence-electron chi connectivity index (χ4n) is 3.89. The second-order valence-corrected chi connectivity index (χ2v) is 9.13. The minimum Gasteiger partial charge on any atom is -0.490 e. The van der Waals surface area contributed by atoms with Gasteiger partial charge < -0.3 is 14.8 Å². The average molecular weight is 523 g/mol. The Hall–Kier alpha value is -4.69. The van der Waals surface area contributed by atoms with Crippen LogP contribution in [0.2, 0.25) is 0 Å². The largest absolute Gasteiger partial charge is 0.490 e. The van der Waals surface area contributed by atoms with E-state index >= 15 is 0 Å². The highest BCUT2D eigenvalue weighted by atomic mass is 32.1.